The van der Waals surface area contributed by atoms with Crippen LogP contribution < -0.4 is 0 Å². The van der Waals surface area contributed by atoms with Gasteiger partial charge in [0.2, 0.25) is 0 Å². The zero-order valence-corrected chi connectivity index (χ0v) is 9.74. The van der Waals surface area contributed by atoms with Crippen molar-refractivity contribution in [2.45, 2.75) is 25.1 Å². The summed E-state index contributed by atoms with van der Waals surface area (Å²) in [6.07, 6.45) is 1.68. The molecule has 1 aromatic heterocycles. The molecule has 2 heterocycles. The van der Waals surface area contributed by atoms with E-state index in [0.717, 1.165) is 5.69 Å². The molecule has 0 saturated carbocycles. The fourth-order valence-corrected chi connectivity index (χ4v) is 2.14. The van der Waals surface area contributed by atoms with E-state index >= 15 is 0 Å². The van der Waals surface area contributed by atoms with Crippen molar-refractivity contribution in [1.29, 1.82) is 0 Å². The van der Waals surface area contributed by atoms with Crippen LogP contribution in [0, 0.1) is 0 Å². The third-order valence-electron chi connectivity index (χ3n) is 2.95. The Labute approximate surface area is 100 Å². The molecule has 0 aromatic carbocycles. The molecule has 5 nitrogen and oxygen atoms in total. The number of rotatable bonds is 3. The average molecular weight is 236 g/mol. The molecule has 1 aliphatic rings. The number of carbonyl (C=O) groups excluding carboxylic acids is 1. The molecule has 0 spiro atoms. The van der Waals surface area contributed by atoms with Gasteiger partial charge in [0.25, 0.3) is 0 Å². The summed E-state index contributed by atoms with van der Waals surface area (Å²) in [4.78, 5) is 17.7. The average Bonchev–Trinajstić information content (AvgIpc) is 2.70. The van der Waals surface area contributed by atoms with Crippen LogP contribution in [0.25, 0.3) is 0 Å². The number of nitrogens with zero attached hydrogens (tertiary/aromatic N) is 2. The highest BCUT2D eigenvalue weighted by Crippen LogP contribution is 2.20. The molecule has 1 N–H and O–H groups in total. The van der Waals surface area contributed by atoms with Gasteiger partial charge in [-0.1, -0.05) is 6.07 Å². The molecule has 17 heavy (non-hydrogen) atoms. The van der Waals surface area contributed by atoms with Gasteiger partial charge in [0, 0.05) is 25.7 Å². The molecule has 2 unspecified atom stereocenters. The van der Waals surface area contributed by atoms with Crippen molar-refractivity contribution < 1.29 is 14.6 Å². The summed E-state index contributed by atoms with van der Waals surface area (Å²) in [7, 11) is 1.37. The van der Waals surface area contributed by atoms with Gasteiger partial charge in [0.1, 0.15) is 6.04 Å². The number of aromatic nitrogens is 1. The van der Waals surface area contributed by atoms with Gasteiger partial charge in [0.15, 0.2) is 0 Å². The third kappa shape index (κ3) is 2.81. The molecule has 1 aromatic rings. The molecule has 2 atom stereocenters. The minimum absolute atomic E-state index is 0.294. The van der Waals surface area contributed by atoms with Gasteiger partial charge in [-0.2, -0.15) is 0 Å². The molecular formula is C12H16N2O3. The Morgan fingerprint density at radius 2 is 2.47 bits per heavy atom. The fraction of sp³-hybridized carbons (Fsp3) is 0.500. The Morgan fingerprint density at radius 3 is 3.12 bits per heavy atom. The molecule has 0 radical (unpaired) electrons. The van der Waals surface area contributed by atoms with Crippen LogP contribution in [0.15, 0.2) is 24.4 Å². The SMILES string of the molecule is COC(=O)C1CC(O)CN1Cc1ccccn1. The Kier molecular flexibility index (Phi) is 3.71. The maximum atomic E-state index is 11.6. The van der Waals surface area contributed by atoms with E-state index in [0.29, 0.717) is 19.5 Å². The van der Waals surface area contributed by atoms with Crippen LogP contribution in [-0.2, 0) is 16.1 Å². The number of carbonyl (C=O) groups is 1. The Morgan fingerprint density at radius 1 is 1.65 bits per heavy atom. The van der Waals surface area contributed by atoms with E-state index < -0.39 is 6.10 Å². The number of likely N-dealkylation sites (tertiary alicyclic amines) is 1. The monoisotopic (exact) mass is 236 g/mol. The lowest BCUT2D eigenvalue weighted by atomic mass is 10.2. The highest BCUT2D eigenvalue weighted by atomic mass is 16.5. The lowest BCUT2D eigenvalue weighted by molar-refractivity contribution is -0.146. The molecule has 2 rings (SSSR count). The standard InChI is InChI=1S/C12H16N2O3/c1-17-12(16)11-6-10(15)8-14(11)7-9-4-2-3-5-13-9/h2-5,10-11,15H,6-8H2,1H3. The summed E-state index contributed by atoms with van der Waals surface area (Å²) in [6, 6.07) is 5.29. The van der Waals surface area contributed by atoms with Gasteiger partial charge >= 0.3 is 5.97 Å². The van der Waals surface area contributed by atoms with Crippen molar-refractivity contribution in [3.05, 3.63) is 30.1 Å². The van der Waals surface area contributed by atoms with E-state index in [-0.39, 0.29) is 12.0 Å². The quantitative estimate of drug-likeness (QED) is 0.759. The number of hydrogen-bond donors (Lipinski definition) is 1. The number of methoxy groups -OCH3 is 1. The number of aliphatic hydroxyl groups excluding tert-OH is 1. The Hall–Kier alpha value is -1.46. The zero-order valence-electron chi connectivity index (χ0n) is 9.74. The second-order valence-corrected chi connectivity index (χ2v) is 4.18. The second kappa shape index (κ2) is 5.25. The first kappa shape index (κ1) is 12.0. The van der Waals surface area contributed by atoms with Crippen molar-refractivity contribution in [3.8, 4) is 0 Å². The van der Waals surface area contributed by atoms with Gasteiger partial charge < -0.3 is 9.84 Å². The zero-order chi connectivity index (χ0) is 12.3. The molecule has 0 bridgehead atoms. The number of hydrogen-bond acceptors (Lipinski definition) is 5. The van der Waals surface area contributed by atoms with Gasteiger partial charge in [-0.05, 0) is 12.1 Å². The van der Waals surface area contributed by atoms with Gasteiger partial charge in [-0.15, -0.1) is 0 Å². The number of ether oxygens (including phenoxy) is 1. The maximum absolute atomic E-state index is 11.6. The van der Waals surface area contributed by atoms with E-state index in [4.69, 9.17) is 4.74 Å². The van der Waals surface area contributed by atoms with Crippen molar-refractivity contribution in [1.82, 2.24) is 9.88 Å². The number of aliphatic hydroxyl groups is 1. The van der Waals surface area contributed by atoms with Crippen molar-refractivity contribution in [2.75, 3.05) is 13.7 Å². The van der Waals surface area contributed by atoms with E-state index in [1.165, 1.54) is 7.11 Å². The summed E-state index contributed by atoms with van der Waals surface area (Å²) in [5, 5.41) is 9.62. The smallest absolute Gasteiger partial charge is 0.323 e. The molecule has 92 valence electrons. The molecule has 5 heteroatoms. The van der Waals surface area contributed by atoms with Gasteiger partial charge in [-0.3, -0.25) is 14.7 Å². The normalized spacial score (nSPS) is 24.8. The first-order valence-corrected chi connectivity index (χ1v) is 5.60. The van der Waals surface area contributed by atoms with Crippen molar-refractivity contribution >= 4 is 5.97 Å². The first-order valence-electron chi connectivity index (χ1n) is 5.60. The van der Waals surface area contributed by atoms with Crippen LogP contribution in [-0.4, -0.2) is 46.8 Å². The summed E-state index contributed by atoms with van der Waals surface area (Å²) in [5.74, 6) is -0.294. The predicted molar refractivity (Wildman–Crippen MR) is 61.1 cm³/mol. The van der Waals surface area contributed by atoms with Crippen molar-refractivity contribution in [3.63, 3.8) is 0 Å². The number of esters is 1. The lowest BCUT2D eigenvalue weighted by Crippen LogP contribution is -2.36. The topological polar surface area (TPSA) is 62.7 Å². The van der Waals surface area contributed by atoms with E-state index in [1.807, 2.05) is 23.1 Å². The summed E-state index contributed by atoms with van der Waals surface area (Å²) < 4.78 is 4.74. The van der Waals surface area contributed by atoms with Crippen LogP contribution in [0.2, 0.25) is 0 Å². The highest BCUT2D eigenvalue weighted by molar-refractivity contribution is 5.76. The summed E-state index contributed by atoms with van der Waals surface area (Å²) in [6.45, 7) is 1.04. The van der Waals surface area contributed by atoms with Gasteiger partial charge in [-0.25, -0.2) is 0 Å². The Bertz CT molecular complexity index is 383. The van der Waals surface area contributed by atoms with E-state index in [9.17, 15) is 9.90 Å². The molecule has 0 aliphatic carbocycles. The molecular weight excluding hydrogens is 220 g/mol. The highest BCUT2D eigenvalue weighted by Gasteiger charge is 2.36. The predicted octanol–water partition coefficient (Wildman–Crippen LogP) is 0.190. The summed E-state index contributed by atoms with van der Waals surface area (Å²) in [5.41, 5.74) is 0.885. The second-order valence-electron chi connectivity index (χ2n) is 4.18. The van der Waals surface area contributed by atoms with Crippen LogP contribution >= 0.6 is 0 Å². The third-order valence-corrected chi connectivity index (χ3v) is 2.95. The van der Waals surface area contributed by atoms with Crippen LogP contribution in [0.1, 0.15) is 12.1 Å². The minimum Gasteiger partial charge on any atom is -0.468 e. The lowest BCUT2D eigenvalue weighted by Gasteiger charge is -2.21. The fourth-order valence-electron chi connectivity index (χ4n) is 2.14. The molecule has 0 amide bonds. The first-order chi connectivity index (χ1) is 8.20. The minimum atomic E-state index is -0.470. The van der Waals surface area contributed by atoms with Crippen molar-refractivity contribution in [2.24, 2.45) is 0 Å². The Balaban J connectivity index is 2.06. The number of pyridine rings is 1. The van der Waals surface area contributed by atoms with E-state index in [1.54, 1.807) is 6.20 Å². The largest absolute Gasteiger partial charge is 0.468 e. The van der Waals surface area contributed by atoms with E-state index in [2.05, 4.69) is 4.98 Å². The maximum Gasteiger partial charge on any atom is 0.323 e. The molecule has 1 aliphatic heterocycles. The van der Waals surface area contributed by atoms with Gasteiger partial charge in [0.05, 0.1) is 18.9 Å². The molecule has 1 saturated heterocycles. The molecule has 1 fully saturated rings. The summed E-state index contributed by atoms with van der Waals surface area (Å²) >= 11 is 0. The van der Waals surface area contributed by atoms with Crippen LogP contribution in [0.5, 0.6) is 0 Å². The number of β-amino-alcohol motifs (C(OH)–C–C–N with tert-alkyl or cyclic N) is 1. The van der Waals surface area contributed by atoms with Crippen LogP contribution in [0.3, 0.4) is 0 Å². The van der Waals surface area contributed by atoms with Crippen LogP contribution in [0.4, 0.5) is 0 Å².